The molecule has 1 amide bonds. The molecule has 122 valence electrons. The lowest BCUT2D eigenvalue weighted by atomic mass is 9.99. The highest BCUT2D eigenvalue weighted by atomic mass is 16.5. The Labute approximate surface area is 132 Å². The van der Waals surface area contributed by atoms with Gasteiger partial charge in [0.15, 0.2) is 0 Å². The van der Waals surface area contributed by atoms with Crippen molar-refractivity contribution in [2.75, 3.05) is 39.9 Å². The number of carbonyl (C=O) groups excluding carboxylic acids is 1. The lowest BCUT2D eigenvalue weighted by Gasteiger charge is -2.30. The molecule has 0 spiro atoms. The summed E-state index contributed by atoms with van der Waals surface area (Å²) in [6.07, 6.45) is 2.23. The van der Waals surface area contributed by atoms with E-state index < -0.39 is 0 Å². The van der Waals surface area contributed by atoms with Gasteiger partial charge in [0.2, 0.25) is 5.91 Å². The molecular weight excluding hydrogens is 280 g/mol. The molecule has 0 saturated carbocycles. The SMILES string of the molecule is COc1ccc(OCCNCC(=O)N2CCC(C)CC2)cc1. The molecule has 0 radical (unpaired) electrons. The fourth-order valence-electron chi connectivity index (χ4n) is 2.48. The van der Waals surface area contributed by atoms with E-state index in [4.69, 9.17) is 9.47 Å². The quantitative estimate of drug-likeness (QED) is 0.782. The molecule has 2 rings (SSSR count). The van der Waals surface area contributed by atoms with E-state index in [1.165, 1.54) is 0 Å². The number of carbonyl (C=O) groups is 1. The van der Waals surface area contributed by atoms with E-state index in [-0.39, 0.29) is 5.91 Å². The lowest BCUT2D eigenvalue weighted by molar-refractivity contribution is -0.131. The van der Waals surface area contributed by atoms with Gasteiger partial charge in [-0.15, -0.1) is 0 Å². The van der Waals surface area contributed by atoms with Crippen LogP contribution in [0.5, 0.6) is 11.5 Å². The number of nitrogens with one attached hydrogen (secondary N) is 1. The highest BCUT2D eigenvalue weighted by Gasteiger charge is 2.19. The first-order chi connectivity index (χ1) is 10.7. The molecular formula is C17H26N2O3. The number of nitrogens with zero attached hydrogens (tertiary/aromatic N) is 1. The van der Waals surface area contributed by atoms with Crippen LogP contribution in [0, 0.1) is 5.92 Å². The molecule has 1 N–H and O–H groups in total. The number of hydrogen-bond acceptors (Lipinski definition) is 4. The average molecular weight is 306 g/mol. The van der Waals surface area contributed by atoms with Crippen molar-refractivity contribution >= 4 is 5.91 Å². The van der Waals surface area contributed by atoms with Crippen LogP contribution >= 0.6 is 0 Å². The number of likely N-dealkylation sites (tertiary alicyclic amines) is 1. The molecule has 0 aliphatic carbocycles. The van der Waals surface area contributed by atoms with Gasteiger partial charge < -0.3 is 19.7 Å². The first-order valence-electron chi connectivity index (χ1n) is 7.94. The van der Waals surface area contributed by atoms with E-state index in [2.05, 4.69) is 12.2 Å². The van der Waals surface area contributed by atoms with Crippen LogP contribution in [-0.2, 0) is 4.79 Å². The predicted molar refractivity (Wildman–Crippen MR) is 86.3 cm³/mol. The van der Waals surface area contributed by atoms with E-state index in [1.807, 2.05) is 29.2 Å². The van der Waals surface area contributed by atoms with Crippen LogP contribution in [0.25, 0.3) is 0 Å². The predicted octanol–water partition coefficient (Wildman–Crippen LogP) is 1.92. The summed E-state index contributed by atoms with van der Waals surface area (Å²) in [6.45, 7) is 5.61. The molecule has 5 heteroatoms. The van der Waals surface area contributed by atoms with Gasteiger partial charge >= 0.3 is 0 Å². The second-order valence-corrected chi connectivity index (χ2v) is 5.76. The van der Waals surface area contributed by atoms with Gasteiger partial charge in [0, 0.05) is 19.6 Å². The van der Waals surface area contributed by atoms with E-state index >= 15 is 0 Å². The summed E-state index contributed by atoms with van der Waals surface area (Å²) in [5.74, 6) is 2.55. The molecule has 1 aromatic carbocycles. The zero-order valence-corrected chi connectivity index (χ0v) is 13.5. The largest absolute Gasteiger partial charge is 0.497 e. The van der Waals surface area contributed by atoms with Crippen molar-refractivity contribution in [1.29, 1.82) is 0 Å². The molecule has 0 aromatic heterocycles. The Bertz CT molecular complexity index is 453. The van der Waals surface area contributed by atoms with Gasteiger partial charge in [-0.25, -0.2) is 0 Å². The van der Waals surface area contributed by atoms with Crippen molar-refractivity contribution in [2.24, 2.45) is 5.92 Å². The smallest absolute Gasteiger partial charge is 0.236 e. The first-order valence-corrected chi connectivity index (χ1v) is 7.94. The normalized spacial score (nSPS) is 15.6. The van der Waals surface area contributed by atoms with E-state index in [1.54, 1.807) is 7.11 Å². The Morgan fingerprint density at radius 2 is 1.86 bits per heavy atom. The number of amides is 1. The van der Waals surface area contributed by atoms with E-state index in [0.29, 0.717) is 19.7 Å². The van der Waals surface area contributed by atoms with Crippen molar-refractivity contribution < 1.29 is 14.3 Å². The van der Waals surface area contributed by atoms with Gasteiger partial charge in [0.25, 0.3) is 0 Å². The second-order valence-electron chi connectivity index (χ2n) is 5.76. The van der Waals surface area contributed by atoms with Crippen LogP contribution in [0.15, 0.2) is 24.3 Å². The average Bonchev–Trinajstić information content (AvgIpc) is 2.55. The molecule has 1 heterocycles. The summed E-state index contributed by atoms with van der Waals surface area (Å²) in [6, 6.07) is 7.48. The molecule has 5 nitrogen and oxygen atoms in total. The number of hydrogen-bond donors (Lipinski definition) is 1. The fourth-order valence-corrected chi connectivity index (χ4v) is 2.48. The summed E-state index contributed by atoms with van der Waals surface area (Å²) in [7, 11) is 1.64. The van der Waals surface area contributed by atoms with Crippen LogP contribution in [0.4, 0.5) is 0 Å². The highest BCUT2D eigenvalue weighted by molar-refractivity contribution is 5.78. The Kier molecular flexibility index (Phi) is 6.52. The molecule has 0 atom stereocenters. The maximum absolute atomic E-state index is 12.0. The van der Waals surface area contributed by atoms with Gasteiger partial charge in [-0.3, -0.25) is 4.79 Å². The monoisotopic (exact) mass is 306 g/mol. The summed E-state index contributed by atoms with van der Waals surface area (Å²) < 4.78 is 10.7. The number of piperidine rings is 1. The molecule has 22 heavy (non-hydrogen) atoms. The van der Waals surface area contributed by atoms with E-state index in [0.717, 1.165) is 43.3 Å². The molecule has 1 aromatic rings. The zero-order valence-electron chi connectivity index (χ0n) is 13.5. The van der Waals surface area contributed by atoms with Crippen LogP contribution in [-0.4, -0.2) is 50.7 Å². The number of ether oxygens (including phenoxy) is 2. The Morgan fingerprint density at radius 3 is 2.50 bits per heavy atom. The van der Waals surface area contributed by atoms with Crippen molar-refractivity contribution in [3.05, 3.63) is 24.3 Å². The molecule has 0 bridgehead atoms. The van der Waals surface area contributed by atoms with Crippen LogP contribution in [0.3, 0.4) is 0 Å². The zero-order chi connectivity index (χ0) is 15.8. The third kappa shape index (κ3) is 5.22. The second kappa shape index (κ2) is 8.63. The maximum Gasteiger partial charge on any atom is 0.236 e. The maximum atomic E-state index is 12.0. The van der Waals surface area contributed by atoms with Crippen molar-refractivity contribution in [2.45, 2.75) is 19.8 Å². The minimum atomic E-state index is 0.191. The first kappa shape index (κ1) is 16.6. The van der Waals surface area contributed by atoms with Crippen molar-refractivity contribution in [3.8, 4) is 11.5 Å². The molecule has 1 fully saturated rings. The number of benzene rings is 1. The summed E-state index contributed by atoms with van der Waals surface area (Å²) in [5, 5.41) is 3.15. The van der Waals surface area contributed by atoms with Crippen molar-refractivity contribution in [1.82, 2.24) is 10.2 Å². The van der Waals surface area contributed by atoms with Crippen molar-refractivity contribution in [3.63, 3.8) is 0 Å². The van der Waals surface area contributed by atoms with Gasteiger partial charge in [0.1, 0.15) is 18.1 Å². The van der Waals surface area contributed by atoms with Gasteiger partial charge in [-0.1, -0.05) is 6.92 Å². The third-order valence-corrected chi connectivity index (χ3v) is 4.02. The minimum Gasteiger partial charge on any atom is -0.497 e. The van der Waals surface area contributed by atoms with Crippen LogP contribution in [0.1, 0.15) is 19.8 Å². The minimum absolute atomic E-state index is 0.191. The van der Waals surface area contributed by atoms with Gasteiger partial charge in [0.05, 0.1) is 13.7 Å². The fraction of sp³-hybridized carbons (Fsp3) is 0.588. The molecule has 1 saturated heterocycles. The van der Waals surface area contributed by atoms with E-state index in [9.17, 15) is 4.79 Å². The lowest BCUT2D eigenvalue weighted by Crippen LogP contribution is -2.43. The van der Waals surface area contributed by atoms with Gasteiger partial charge in [-0.2, -0.15) is 0 Å². The number of methoxy groups -OCH3 is 1. The molecule has 1 aliphatic heterocycles. The Balaban J connectivity index is 1.57. The third-order valence-electron chi connectivity index (χ3n) is 4.02. The molecule has 0 unspecified atom stereocenters. The van der Waals surface area contributed by atoms with Gasteiger partial charge in [-0.05, 0) is 43.0 Å². The Morgan fingerprint density at radius 1 is 1.23 bits per heavy atom. The Hall–Kier alpha value is -1.75. The number of rotatable bonds is 7. The van der Waals surface area contributed by atoms with Crippen LogP contribution < -0.4 is 14.8 Å². The highest BCUT2D eigenvalue weighted by Crippen LogP contribution is 2.17. The molecule has 1 aliphatic rings. The summed E-state index contributed by atoms with van der Waals surface area (Å²) in [5.41, 5.74) is 0. The standard InChI is InChI=1S/C17H26N2O3/c1-14-7-10-19(11-8-14)17(20)13-18-9-12-22-16-5-3-15(21-2)4-6-16/h3-6,14,18H,7-13H2,1-2H3. The van der Waals surface area contributed by atoms with Crippen LogP contribution in [0.2, 0.25) is 0 Å². The summed E-state index contributed by atoms with van der Waals surface area (Å²) in [4.78, 5) is 14.0. The topological polar surface area (TPSA) is 50.8 Å². The summed E-state index contributed by atoms with van der Waals surface area (Å²) >= 11 is 0.